The molecule has 2 aliphatic rings. The molecule has 0 atom stereocenters. The fourth-order valence-electron chi connectivity index (χ4n) is 8.67. The molecule has 2 aromatic carbocycles. The van der Waals surface area contributed by atoms with Gasteiger partial charge >= 0.3 is 0 Å². The van der Waals surface area contributed by atoms with E-state index in [-0.39, 0.29) is 42.3 Å². The van der Waals surface area contributed by atoms with Gasteiger partial charge in [0.25, 0.3) is 17.0 Å². The molecule has 0 aliphatic carbocycles. The highest BCUT2D eigenvalue weighted by Gasteiger charge is 2.24. The number of aliphatic imine (C=N–C) groups is 2. The molecule has 352 valence electrons. The van der Waals surface area contributed by atoms with E-state index in [2.05, 4.69) is 29.7 Å². The van der Waals surface area contributed by atoms with Crippen LogP contribution in [-0.2, 0) is 27.5 Å². The Bertz CT molecular complexity index is 3180. The van der Waals surface area contributed by atoms with Gasteiger partial charge < -0.3 is 24.7 Å². The van der Waals surface area contributed by atoms with Gasteiger partial charge in [0.1, 0.15) is 18.2 Å². The molecule has 0 fully saturated rings. The number of hydrogen-bond acceptors (Lipinski definition) is 11. The van der Waals surface area contributed by atoms with Gasteiger partial charge in [-0.1, -0.05) is 52.0 Å². The van der Waals surface area contributed by atoms with Crippen LogP contribution in [0.3, 0.4) is 0 Å². The standard InChI is InChI=1S/C52H57N9O5S2/c1-6-17-59(18-7-2)49(63)36-23-32-11-13-34(25-40(32)54-46(53)27-36)45-30-39-43(68-45)16-22-61(52(39)66)31-48(62)57-56-47-28-37(50(64)60(19-8-3)20-9-4)24-33-12-14-35(26-41(33)55-47)44-29-38-42(67-44)15-21-58(10-5)51(38)65/h11-16,21-26,29-30H,6-10,17-20,27-28,31H2,1-5H3,(H2,53,54)(H,55,56)(H,57,62). The fourth-order valence-corrected chi connectivity index (χ4v) is 10.8. The molecule has 6 heterocycles. The van der Waals surface area contributed by atoms with Gasteiger partial charge in [-0.05, 0) is 92.3 Å². The van der Waals surface area contributed by atoms with E-state index in [1.807, 2.05) is 110 Å². The van der Waals surface area contributed by atoms with E-state index in [9.17, 15) is 24.0 Å². The van der Waals surface area contributed by atoms with Crippen molar-refractivity contribution >= 4 is 95.8 Å². The molecule has 0 spiro atoms. The molecule has 0 saturated carbocycles. The van der Waals surface area contributed by atoms with Crippen molar-refractivity contribution in [3.8, 4) is 20.9 Å². The number of nitrogens with zero attached hydrogens (tertiary/aromatic N) is 6. The molecule has 4 aromatic heterocycles. The van der Waals surface area contributed by atoms with E-state index in [4.69, 9.17) is 10.7 Å². The van der Waals surface area contributed by atoms with Crippen LogP contribution in [0.2, 0.25) is 0 Å². The van der Waals surface area contributed by atoms with E-state index in [0.717, 1.165) is 67.1 Å². The second kappa shape index (κ2) is 20.9. The molecule has 4 N–H and O–H groups in total. The number of benzene rings is 2. The van der Waals surface area contributed by atoms with Crippen LogP contribution in [0, 0.1) is 0 Å². The number of hydrazine groups is 1. The molecule has 0 saturated heterocycles. The van der Waals surface area contributed by atoms with Crippen molar-refractivity contribution in [2.75, 3.05) is 26.2 Å². The van der Waals surface area contributed by atoms with Crippen molar-refractivity contribution in [1.29, 1.82) is 0 Å². The SMILES string of the molecule is CCCN(CCC)C(=O)C1=Cc2ccc(-c3cc4c(=O)n(CC(=O)NNC5=Nc6cc(-c7cc8c(=O)n(CC)ccc8s7)ccc6C=C(C(=O)N(CCC)CCC)C5)ccc4s3)cc2N=C(N)C1. The molecule has 8 rings (SSSR count). The number of aryl methyl sites for hydroxylation is 1. The average molecular weight is 952 g/mol. The number of carbonyl (C=O) groups excluding carboxylic acids is 3. The average Bonchev–Trinajstić information content (AvgIpc) is 3.88. The Labute approximate surface area is 403 Å². The lowest BCUT2D eigenvalue weighted by Crippen LogP contribution is -2.44. The zero-order valence-electron chi connectivity index (χ0n) is 39.2. The summed E-state index contributed by atoms with van der Waals surface area (Å²) in [6, 6.07) is 19.2. The van der Waals surface area contributed by atoms with Crippen LogP contribution >= 0.6 is 22.7 Å². The summed E-state index contributed by atoms with van der Waals surface area (Å²) < 4.78 is 4.70. The van der Waals surface area contributed by atoms with E-state index in [1.54, 1.807) is 10.8 Å². The summed E-state index contributed by atoms with van der Waals surface area (Å²) in [5.74, 6) is 0.104. The number of amides is 3. The molecule has 68 heavy (non-hydrogen) atoms. The van der Waals surface area contributed by atoms with Crippen LogP contribution < -0.4 is 27.7 Å². The Morgan fingerprint density at radius 3 is 1.65 bits per heavy atom. The predicted octanol–water partition coefficient (Wildman–Crippen LogP) is 9.00. The lowest BCUT2D eigenvalue weighted by molar-refractivity contribution is -0.128. The van der Waals surface area contributed by atoms with Crippen LogP contribution in [0.5, 0.6) is 0 Å². The summed E-state index contributed by atoms with van der Waals surface area (Å²) in [4.78, 5) is 83.3. The molecule has 0 bridgehead atoms. The number of carbonyl (C=O) groups is 3. The Morgan fingerprint density at radius 1 is 0.647 bits per heavy atom. The van der Waals surface area contributed by atoms with Gasteiger partial charge in [0.2, 0.25) is 11.8 Å². The quantitative estimate of drug-likeness (QED) is 0.0861. The highest BCUT2D eigenvalue weighted by atomic mass is 32.1. The van der Waals surface area contributed by atoms with E-state index < -0.39 is 5.91 Å². The summed E-state index contributed by atoms with van der Waals surface area (Å²) in [7, 11) is 0. The molecule has 0 radical (unpaired) electrons. The van der Waals surface area contributed by atoms with Crippen LogP contribution in [-0.4, -0.2) is 74.5 Å². The maximum atomic E-state index is 14.1. The molecule has 0 unspecified atom stereocenters. The van der Waals surface area contributed by atoms with Crippen LogP contribution in [0.15, 0.2) is 104 Å². The van der Waals surface area contributed by atoms with Gasteiger partial charge in [0, 0.05) is 99.4 Å². The third-order valence-corrected chi connectivity index (χ3v) is 14.3. The number of nitrogens with one attached hydrogen (secondary N) is 2. The topological polar surface area (TPSA) is 176 Å². The fraction of sp³-hybridized carbons (Fsp3) is 0.327. The molecule has 2 aliphatic heterocycles. The highest BCUT2D eigenvalue weighted by molar-refractivity contribution is 7.22. The minimum Gasteiger partial charge on any atom is -0.387 e. The zero-order valence-corrected chi connectivity index (χ0v) is 40.8. The lowest BCUT2D eigenvalue weighted by atomic mass is 10.0. The number of aromatic nitrogens is 2. The Morgan fingerprint density at radius 2 is 1.13 bits per heavy atom. The Hall–Kier alpha value is -6.91. The number of rotatable bonds is 15. The van der Waals surface area contributed by atoms with Gasteiger partial charge in [0.05, 0.1) is 22.1 Å². The predicted molar refractivity (Wildman–Crippen MR) is 278 cm³/mol. The van der Waals surface area contributed by atoms with Crippen molar-refractivity contribution in [2.45, 2.75) is 86.2 Å². The van der Waals surface area contributed by atoms with Crippen molar-refractivity contribution < 1.29 is 14.4 Å². The number of thiophene rings is 2. The van der Waals surface area contributed by atoms with Crippen LogP contribution in [0.4, 0.5) is 11.4 Å². The lowest BCUT2D eigenvalue weighted by Gasteiger charge is -2.23. The van der Waals surface area contributed by atoms with Crippen molar-refractivity contribution in [2.24, 2.45) is 15.7 Å². The third-order valence-electron chi connectivity index (χ3n) is 12.0. The minimum absolute atomic E-state index is 0.0261. The molecular formula is C52H57N9O5S2. The van der Waals surface area contributed by atoms with E-state index >= 15 is 0 Å². The first-order chi connectivity index (χ1) is 32.9. The van der Waals surface area contributed by atoms with Crippen molar-refractivity contribution in [3.05, 3.63) is 116 Å². The van der Waals surface area contributed by atoms with Gasteiger partial charge in [0.15, 0.2) is 0 Å². The summed E-state index contributed by atoms with van der Waals surface area (Å²) in [6.07, 6.45) is 10.9. The molecule has 3 amide bonds. The maximum Gasteiger partial charge on any atom is 0.259 e. The summed E-state index contributed by atoms with van der Waals surface area (Å²) >= 11 is 2.99. The Kier molecular flexibility index (Phi) is 14.7. The number of hydrogen-bond donors (Lipinski definition) is 3. The van der Waals surface area contributed by atoms with Crippen LogP contribution in [0.1, 0.15) is 84.3 Å². The summed E-state index contributed by atoms with van der Waals surface area (Å²) in [5, 5.41) is 1.13. The summed E-state index contributed by atoms with van der Waals surface area (Å²) in [6.45, 7) is 13.0. The minimum atomic E-state index is -0.485. The van der Waals surface area contributed by atoms with Crippen LogP contribution in [0.25, 0.3) is 53.2 Å². The van der Waals surface area contributed by atoms with Crippen molar-refractivity contribution in [3.63, 3.8) is 0 Å². The molecule has 16 heteroatoms. The summed E-state index contributed by atoms with van der Waals surface area (Å²) in [5.41, 5.74) is 17.4. The third kappa shape index (κ3) is 10.2. The first-order valence-corrected chi connectivity index (χ1v) is 25.0. The number of nitrogens with two attached hydrogens (primary N) is 1. The van der Waals surface area contributed by atoms with Gasteiger partial charge in [-0.25, -0.2) is 9.98 Å². The Balaban J connectivity index is 1.02. The maximum absolute atomic E-state index is 14.1. The van der Waals surface area contributed by atoms with Crippen molar-refractivity contribution in [1.82, 2.24) is 29.8 Å². The monoisotopic (exact) mass is 951 g/mol. The molecule has 6 aromatic rings. The van der Waals surface area contributed by atoms with Gasteiger partial charge in [-0.2, -0.15) is 0 Å². The molecule has 14 nitrogen and oxygen atoms in total. The normalized spacial score (nSPS) is 13.4. The van der Waals surface area contributed by atoms with Gasteiger partial charge in [-0.15, -0.1) is 22.7 Å². The van der Waals surface area contributed by atoms with Gasteiger partial charge in [-0.3, -0.25) is 34.8 Å². The number of amidine groups is 2. The molecular weight excluding hydrogens is 895 g/mol. The number of pyridine rings is 2. The first kappa shape index (κ1) is 47.6. The number of fused-ring (bicyclic) bond motifs is 4. The second-order valence-corrected chi connectivity index (χ2v) is 19.3. The zero-order chi connectivity index (χ0) is 48.1. The first-order valence-electron chi connectivity index (χ1n) is 23.4. The largest absolute Gasteiger partial charge is 0.387 e. The van der Waals surface area contributed by atoms with E-state index in [1.165, 1.54) is 27.2 Å². The van der Waals surface area contributed by atoms with E-state index in [0.29, 0.717) is 77.7 Å². The highest BCUT2D eigenvalue weighted by Crippen LogP contribution is 2.38. The second-order valence-electron chi connectivity index (χ2n) is 17.1. The smallest absolute Gasteiger partial charge is 0.259 e.